The highest BCUT2D eigenvalue weighted by atomic mass is 16.5. The molecule has 106 valence electrons. The largest absolute Gasteiger partial charge is 0.497 e. The summed E-state index contributed by atoms with van der Waals surface area (Å²) in [6.45, 7) is 3.92. The molecular weight excluding hydrogens is 250 g/mol. The first-order valence-corrected chi connectivity index (χ1v) is 6.78. The van der Waals surface area contributed by atoms with E-state index >= 15 is 0 Å². The summed E-state index contributed by atoms with van der Waals surface area (Å²) in [7, 11) is 3.68. The van der Waals surface area contributed by atoms with Crippen molar-refractivity contribution in [3.05, 3.63) is 48.2 Å². The van der Waals surface area contributed by atoms with E-state index in [0.717, 1.165) is 30.3 Å². The molecule has 0 atom stereocenters. The van der Waals surface area contributed by atoms with Crippen molar-refractivity contribution in [2.24, 2.45) is 0 Å². The van der Waals surface area contributed by atoms with Crippen LogP contribution in [0.4, 0.5) is 11.5 Å². The van der Waals surface area contributed by atoms with Crippen LogP contribution in [-0.2, 0) is 6.54 Å². The summed E-state index contributed by atoms with van der Waals surface area (Å²) >= 11 is 0. The molecule has 0 fully saturated rings. The number of nitrogens with one attached hydrogen (secondary N) is 1. The molecular formula is C16H21N3O. The van der Waals surface area contributed by atoms with Gasteiger partial charge in [0.05, 0.1) is 7.11 Å². The number of ether oxygens (including phenoxy) is 1. The predicted molar refractivity (Wildman–Crippen MR) is 82.7 cm³/mol. The highest BCUT2D eigenvalue weighted by Crippen LogP contribution is 2.23. The number of methoxy groups -OCH3 is 1. The lowest BCUT2D eigenvalue weighted by atomic mass is 10.2. The second-order valence-corrected chi connectivity index (χ2v) is 4.56. The lowest BCUT2D eigenvalue weighted by Gasteiger charge is -2.18. The van der Waals surface area contributed by atoms with Crippen LogP contribution in [0.5, 0.6) is 5.75 Å². The summed E-state index contributed by atoms with van der Waals surface area (Å²) in [6.07, 6.45) is 1.91. The molecule has 4 nitrogen and oxygen atoms in total. The molecule has 0 saturated carbocycles. The van der Waals surface area contributed by atoms with Crippen LogP contribution in [0.2, 0.25) is 0 Å². The standard InChI is InChI=1S/C16H21N3O/c1-4-17-11-13-5-10-16(18-12-13)19(2)14-6-8-15(20-3)9-7-14/h5-10,12,17H,4,11H2,1-3H3. The van der Waals surface area contributed by atoms with Gasteiger partial charge in [0.15, 0.2) is 0 Å². The summed E-state index contributed by atoms with van der Waals surface area (Å²) in [4.78, 5) is 6.56. The first-order valence-electron chi connectivity index (χ1n) is 6.78. The van der Waals surface area contributed by atoms with Gasteiger partial charge in [-0.05, 0) is 42.4 Å². The highest BCUT2D eigenvalue weighted by molar-refractivity contribution is 5.59. The number of nitrogens with zero attached hydrogens (tertiary/aromatic N) is 2. The Hall–Kier alpha value is -2.07. The third kappa shape index (κ3) is 3.48. The van der Waals surface area contributed by atoms with Gasteiger partial charge in [0.2, 0.25) is 0 Å². The molecule has 0 unspecified atom stereocenters. The molecule has 1 aromatic heterocycles. The van der Waals surface area contributed by atoms with Gasteiger partial charge >= 0.3 is 0 Å². The number of aromatic nitrogens is 1. The van der Waals surface area contributed by atoms with Crippen LogP contribution in [0.25, 0.3) is 0 Å². The van der Waals surface area contributed by atoms with E-state index < -0.39 is 0 Å². The first kappa shape index (κ1) is 14.3. The molecule has 1 N–H and O–H groups in total. The van der Waals surface area contributed by atoms with Gasteiger partial charge in [-0.15, -0.1) is 0 Å². The molecule has 0 amide bonds. The smallest absolute Gasteiger partial charge is 0.132 e. The lowest BCUT2D eigenvalue weighted by Crippen LogP contribution is -2.13. The highest BCUT2D eigenvalue weighted by Gasteiger charge is 2.05. The SMILES string of the molecule is CCNCc1ccc(N(C)c2ccc(OC)cc2)nc1. The van der Waals surface area contributed by atoms with Crippen LogP contribution in [0.3, 0.4) is 0 Å². The van der Waals surface area contributed by atoms with Gasteiger partial charge in [-0.3, -0.25) is 0 Å². The average molecular weight is 271 g/mol. The van der Waals surface area contributed by atoms with Crippen molar-refractivity contribution in [3.8, 4) is 5.75 Å². The summed E-state index contributed by atoms with van der Waals surface area (Å²) in [5, 5.41) is 3.29. The van der Waals surface area contributed by atoms with E-state index in [9.17, 15) is 0 Å². The third-order valence-electron chi connectivity index (χ3n) is 3.19. The van der Waals surface area contributed by atoms with E-state index in [1.54, 1.807) is 7.11 Å². The Morgan fingerprint density at radius 2 is 1.90 bits per heavy atom. The van der Waals surface area contributed by atoms with E-state index in [1.165, 1.54) is 5.56 Å². The molecule has 2 aromatic rings. The van der Waals surface area contributed by atoms with Gasteiger partial charge in [-0.1, -0.05) is 13.0 Å². The number of hydrogen-bond donors (Lipinski definition) is 1. The summed E-state index contributed by atoms with van der Waals surface area (Å²) < 4.78 is 5.17. The van der Waals surface area contributed by atoms with Crippen molar-refractivity contribution in [3.63, 3.8) is 0 Å². The van der Waals surface area contributed by atoms with Crippen LogP contribution in [0.1, 0.15) is 12.5 Å². The fourth-order valence-corrected chi connectivity index (χ4v) is 1.93. The molecule has 0 aliphatic rings. The minimum absolute atomic E-state index is 0.857. The fraction of sp³-hybridized carbons (Fsp3) is 0.312. The number of hydrogen-bond acceptors (Lipinski definition) is 4. The third-order valence-corrected chi connectivity index (χ3v) is 3.19. The Morgan fingerprint density at radius 1 is 1.15 bits per heavy atom. The summed E-state index contributed by atoms with van der Waals surface area (Å²) in [5.41, 5.74) is 2.27. The number of benzene rings is 1. The molecule has 1 aromatic carbocycles. The van der Waals surface area contributed by atoms with Gasteiger partial charge < -0.3 is 15.0 Å². The molecule has 20 heavy (non-hydrogen) atoms. The van der Waals surface area contributed by atoms with E-state index in [0.29, 0.717) is 0 Å². The molecule has 0 radical (unpaired) electrons. The second kappa shape index (κ2) is 6.91. The Kier molecular flexibility index (Phi) is 4.96. The zero-order valence-electron chi connectivity index (χ0n) is 12.3. The van der Waals surface area contributed by atoms with Gasteiger partial charge in [-0.25, -0.2) is 4.98 Å². The number of pyridine rings is 1. The van der Waals surface area contributed by atoms with Crippen molar-refractivity contribution in [2.75, 3.05) is 25.6 Å². The maximum atomic E-state index is 5.17. The molecule has 0 aliphatic heterocycles. The van der Waals surface area contributed by atoms with Gasteiger partial charge in [0.1, 0.15) is 11.6 Å². The van der Waals surface area contributed by atoms with Crippen LogP contribution in [0.15, 0.2) is 42.6 Å². The van der Waals surface area contributed by atoms with Crippen molar-refractivity contribution in [1.82, 2.24) is 10.3 Å². The maximum Gasteiger partial charge on any atom is 0.132 e. The molecule has 1 heterocycles. The monoisotopic (exact) mass is 271 g/mol. The number of rotatable bonds is 6. The molecule has 0 spiro atoms. The van der Waals surface area contributed by atoms with Crippen molar-refractivity contribution >= 4 is 11.5 Å². The summed E-state index contributed by atoms with van der Waals surface area (Å²) in [5.74, 6) is 1.78. The Bertz CT molecular complexity index is 522. The number of anilines is 2. The summed E-state index contributed by atoms with van der Waals surface area (Å²) in [6, 6.07) is 12.1. The van der Waals surface area contributed by atoms with Gasteiger partial charge in [0.25, 0.3) is 0 Å². The van der Waals surface area contributed by atoms with E-state index in [2.05, 4.69) is 28.2 Å². The van der Waals surface area contributed by atoms with Crippen LogP contribution < -0.4 is 15.0 Å². The van der Waals surface area contributed by atoms with Crippen LogP contribution in [0, 0.1) is 0 Å². The minimum Gasteiger partial charge on any atom is -0.497 e. The predicted octanol–water partition coefficient (Wildman–Crippen LogP) is 2.97. The second-order valence-electron chi connectivity index (χ2n) is 4.56. The quantitative estimate of drug-likeness (QED) is 0.876. The Morgan fingerprint density at radius 3 is 2.45 bits per heavy atom. The molecule has 0 saturated heterocycles. The molecule has 4 heteroatoms. The fourth-order valence-electron chi connectivity index (χ4n) is 1.93. The zero-order chi connectivity index (χ0) is 14.4. The van der Waals surface area contributed by atoms with Gasteiger partial charge in [0, 0.05) is 25.5 Å². The van der Waals surface area contributed by atoms with Crippen molar-refractivity contribution in [1.29, 1.82) is 0 Å². The molecule has 0 bridgehead atoms. The van der Waals surface area contributed by atoms with E-state index in [1.807, 2.05) is 43.6 Å². The van der Waals surface area contributed by atoms with Crippen LogP contribution >= 0.6 is 0 Å². The Balaban J connectivity index is 2.09. The van der Waals surface area contributed by atoms with E-state index in [4.69, 9.17) is 4.74 Å². The van der Waals surface area contributed by atoms with Crippen molar-refractivity contribution < 1.29 is 4.74 Å². The minimum atomic E-state index is 0.857. The normalized spacial score (nSPS) is 10.3. The topological polar surface area (TPSA) is 37.4 Å². The zero-order valence-corrected chi connectivity index (χ0v) is 12.3. The lowest BCUT2D eigenvalue weighted by molar-refractivity contribution is 0.415. The van der Waals surface area contributed by atoms with Crippen molar-refractivity contribution in [2.45, 2.75) is 13.5 Å². The van der Waals surface area contributed by atoms with E-state index in [-0.39, 0.29) is 0 Å². The van der Waals surface area contributed by atoms with Gasteiger partial charge in [-0.2, -0.15) is 0 Å². The maximum absolute atomic E-state index is 5.17. The first-order chi connectivity index (χ1) is 9.74. The van der Waals surface area contributed by atoms with Crippen LogP contribution in [-0.4, -0.2) is 25.7 Å². The molecule has 0 aliphatic carbocycles. The average Bonchev–Trinajstić information content (AvgIpc) is 2.53. The molecule has 2 rings (SSSR count). The Labute approximate surface area is 120 Å².